The molecule has 0 aliphatic carbocycles. The lowest BCUT2D eigenvalue weighted by Crippen LogP contribution is -2.26. The van der Waals surface area contributed by atoms with Gasteiger partial charge in [0.15, 0.2) is 0 Å². The molecule has 0 aliphatic heterocycles. The van der Waals surface area contributed by atoms with Gasteiger partial charge in [-0.05, 0) is 104 Å². The third-order valence-corrected chi connectivity index (χ3v) is 14.3. The summed E-state index contributed by atoms with van der Waals surface area (Å²) in [7, 11) is -1.82. The van der Waals surface area contributed by atoms with Crippen LogP contribution in [0, 0.1) is 0 Å². The molecule has 0 N–H and O–H groups in total. The molecule has 238 valence electrons. The molecule has 8 aromatic carbocycles. The Morgan fingerprint density at radius 3 is 0.960 bits per heavy atom. The standard InChI is InChI=1S/C48H36P2/c1-3-35-25-29-43-37(33-35)27-31-45(49(39-17-9-5-10-18-39)40-19-11-6-12-20-40)47(43)48-44-30-26-36(4-2)34-38(44)28-32-46(48)50(41-21-13-7-14-22-41)42-23-15-8-16-24-42/h3-34H,1-2H2. The Balaban J connectivity index is 1.55. The minimum absolute atomic E-state index is 0.909. The molecule has 0 saturated heterocycles. The monoisotopic (exact) mass is 674 g/mol. The second-order valence-electron chi connectivity index (χ2n) is 12.3. The fourth-order valence-electron chi connectivity index (χ4n) is 6.99. The van der Waals surface area contributed by atoms with E-state index in [1.807, 2.05) is 12.2 Å². The van der Waals surface area contributed by atoms with E-state index in [2.05, 4.69) is 195 Å². The molecule has 0 saturated carbocycles. The Labute approximate surface area is 297 Å². The van der Waals surface area contributed by atoms with E-state index < -0.39 is 15.8 Å². The quantitative estimate of drug-likeness (QED) is 0.134. The summed E-state index contributed by atoms with van der Waals surface area (Å²) < 4.78 is 0. The van der Waals surface area contributed by atoms with Gasteiger partial charge < -0.3 is 0 Å². The normalized spacial score (nSPS) is 11.3. The maximum Gasteiger partial charge on any atom is -0.000883 e. The molecule has 0 heterocycles. The van der Waals surface area contributed by atoms with Crippen LogP contribution in [0.5, 0.6) is 0 Å². The molecule has 0 fully saturated rings. The first-order chi connectivity index (χ1) is 24.7. The van der Waals surface area contributed by atoms with Crippen LogP contribution in [0.2, 0.25) is 0 Å². The molecule has 0 bridgehead atoms. The van der Waals surface area contributed by atoms with Crippen LogP contribution >= 0.6 is 15.8 Å². The van der Waals surface area contributed by atoms with E-state index in [0.29, 0.717) is 0 Å². The van der Waals surface area contributed by atoms with E-state index in [1.165, 1.54) is 64.5 Å². The minimum Gasteiger partial charge on any atom is -0.0985 e. The lowest BCUT2D eigenvalue weighted by atomic mass is 9.92. The maximum atomic E-state index is 4.10. The summed E-state index contributed by atoms with van der Waals surface area (Å²) in [5.74, 6) is 0. The Bertz CT molecular complexity index is 2200. The van der Waals surface area contributed by atoms with E-state index in [-0.39, 0.29) is 0 Å². The highest BCUT2D eigenvalue weighted by atomic mass is 31.1. The molecule has 0 aliphatic rings. The number of hydrogen-bond acceptors (Lipinski definition) is 0. The lowest BCUT2D eigenvalue weighted by molar-refractivity contribution is 1.69. The first kappa shape index (κ1) is 31.9. The summed E-state index contributed by atoms with van der Waals surface area (Å²) in [6.07, 6.45) is 3.89. The fourth-order valence-corrected chi connectivity index (χ4v) is 11.9. The van der Waals surface area contributed by atoms with Crippen molar-refractivity contribution in [2.24, 2.45) is 0 Å². The van der Waals surface area contributed by atoms with Crippen LogP contribution in [0.15, 0.2) is 195 Å². The van der Waals surface area contributed by atoms with Gasteiger partial charge in [-0.25, -0.2) is 0 Å². The van der Waals surface area contributed by atoms with Gasteiger partial charge in [0.05, 0.1) is 0 Å². The van der Waals surface area contributed by atoms with E-state index >= 15 is 0 Å². The Morgan fingerprint density at radius 2 is 0.660 bits per heavy atom. The van der Waals surface area contributed by atoms with Crippen LogP contribution in [0.1, 0.15) is 11.1 Å². The van der Waals surface area contributed by atoms with Crippen LogP contribution in [0.4, 0.5) is 0 Å². The van der Waals surface area contributed by atoms with Crippen LogP contribution in [0.25, 0.3) is 44.8 Å². The number of fused-ring (bicyclic) bond motifs is 2. The highest BCUT2D eigenvalue weighted by molar-refractivity contribution is 7.80. The third kappa shape index (κ3) is 6.03. The highest BCUT2D eigenvalue weighted by Crippen LogP contribution is 2.46. The topological polar surface area (TPSA) is 0 Å². The minimum atomic E-state index is -0.909. The van der Waals surface area contributed by atoms with Crippen molar-refractivity contribution in [1.29, 1.82) is 0 Å². The highest BCUT2D eigenvalue weighted by Gasteiger charge is 2.28. The first-order valence-electron chi connectivity index (χ1n) is 16.9. The van der Waals surface area contributed by atoms with Gasteiger partial charge in [0.25, 0.3) is 0 Å². The van der Waals surface area contributed by atoms with Crippen molar-refractivity contribution in [2.45, 2.75) is 0 Å². The Hall–Kier alpha value is -5.38. The zero-order valence-electron chi connectivity index (χ0n) is 27.8. The van der Waals surface area contributed by atoms with Gasteiger partial charge in [-0.3, -0.25) is 0 Å². The second-order valence-corrected chi connectivity index (χ2v) is 16.7. The molecule has 2 heteroatoms. The molecule has 50 heavy (non-hydrogen) atoms. The molecule has 0 spiro atoms. The molecule has 8 rings (SSSR count). The van der Waals surface area contributed by atoms with Crippen LogP contribution in [-0.2, 0) is 0 Å². The van der Waals surface area contributed by atoms with Crippen LogP contribution in [-0.4, -0.2) is 0 Å². The van der Waals surface area contributed by atoms with Crippen molar-refractivity contribution in [3.8, 4) is 11.1 Å². The van der Waals surface area contributed by atoms with E-state index in [0.717, 1.165) is 11.1 Å². The average molecular weight is 675 g/mol. The Morgan fingerprint density at radius 1 is 0.340 bits per heavy atom. The zero-order valence-corrected chi connectivity index (χ0v) is 29.6. The zero-order chi connectivity index (χ0) is 33.9. The van der Waals surface area contributed by atoms with Gasteiger partial charge in [-0.2, -0.15) is 0 Å². The van der Waals surface area contributed by atoms with Crippen molar-refractivity contribution < 1.29 is 0 Å². The van der Waals surface area contributed by atoms with Crippen LogP contribution in [0.3, 0.4) is 0 Å². The SMILES string of the molecule is C=Cc1ccc2c(-c3c(P(c4ccccc4)c4ccccc4)ccc4cc(C=C)ccc34)c(P(c3ccccc3)c3ccccc3)ccc2c1. The van der Waals surface area contributed by atoms with Gasteiger partial charge >= 0.3 is 0 Å². The molecule has 0 atom stereocenters. The molecular weight excluding hydrogens is 638 g/mol. The fraction of sp³-hybridized carbons (Fsp3) is 0. The Kier molecular flexibility index (Phi) is 9.07. The second kappa shape index (κ2) is 14.2. The summed E-state index contributed by atoms with van der Waals surface area (Å²) in [4.78, 5) is 0. The van der Waals surface area contributed by atoms with Gasteiger partial charge in [-0.1, -0.05) is 195 Å². The van der Waals surface area contributed by atoms with Gasteiger partial charge in [0.1, 0.15) is 0 Å². The third-order valence-electron chi connectivity index (χ3n) is 9.30. The smallest absolute Gasteiger partial charge is 0.000883 e. The predicted octanol–water partition coefficient (Wildman–Crippen LogP) is 10.5. The molecule has 8 aromatic rings. The molecule has 0 radical (unpaired) electrons. The summed E-state index contributed by atoms with van der Waals surface area (Å²) in [5.41, 5.74) is 4.86. The van der Waals surface area contributed by atoms with Crippen molar-refractivity contribution >= 4 is 81.4 Å². The summed E-state index contributed by atoms with van der Waals surface area (Å²) in [5, 5.41) is 13.0. The first-order valence-corrected chi connectivity index (χ1v) is 19.6. The predicted molar refractivity (Wildman–Crippen MR) is 224 cm³/mol. The van der Waals surface area contributed by atoms with Crippen molar-refractivity contribution in [3.05, 3.63) is 206 Å². The largest absolute Gasteiger partial charge is 0.0985 e. The summed E-state index contributed by atoms with van der Waals surface area (Å²) in [6.45, 7) is 8.21. The maximum absolute atomic E-state index is 4.10. The van der Waals surface area contributed by atoms with Crippen molar-refractivity contribution in [3.63, 3.8) is 0 Å². The lowest BCUT2D eigenvalue weighted by Gasteiger charge is -2.28. The number of benzene rings is 8. The average Bonchev–Trinajstić information content (AvgIpc) is 3.19. The van der Waals surface area contributed by atoms with Crippen LogP contribution < -0.4 is 31.8 Å². The molecule has 0 nitrogen and oxygen atoms in total. The molecular formula is C48H36P2. The van der Waals surface area contributed by atoms with E-state index in [1.54, 1.807) is 0 Å². The van der Waals surface area contributed by atoms with Crippen molar-refractivity contribution in [1.82, 2.24) is 0 Å². The summed E-state index contributed by atoms with van der Waals surface area (Å²) in [6, 6.07) is 67.4. The summed E-state index contributed by atoms with van der Waals surface area (Å²) >= 11 is 0. The van der Waals surface area contributed by atoms with Gasteiger partial charge in [0.2, 0.25) is 0 Å². The van der Waals surface area contributed by atoms with E-state index in [4.69, 9.17) is 0 Å². The molecule has 0 unspecified atom stereocenters. The van der Waals surface area contributed by atoms with Gasteiger partial charge in [-0.15, -0.1) is 0 Å². The van der Waals surface area contributed by atoms with E-state index in [9.17, 15) is 0 Å². The van der Waals surface area contributed by atoms with Gasteiger partial charge in [0, 0.05) is 0 Å². The molecule has 0 aromatic heterocycles. The number of hydrogen-bond donors (Lipinski definition) is 0. The molecule has 0 amide bonds. The van der Waals surface area contributed by atoms with Crippen molar-refractivity contribution in [2.75, 3.05) is 0 Å². The number of rotatable bonds is 9.